The van der Waals surface area contributed by atoms with Gasteiger partial charge in [0.1, 0.15) is 5.60 Å². The second kappa shape index (κ2) is 8.29. The van der Waals surface area contributed by atoms with Crippen LogP contribution in [0.15, 0.2) is 29.2 Å². The van der Waals surface area contributed by atoms with Crippen molar-refractivity contribution in [3.05, 3.63) is 29.8 Å². The molecule has 1 aromatic carbocycles. The van der Waals surface area contributed by atoms with Crippen molar-refractivity contribution in [2.24, 2.45) is 0 Å². The Hall–Kier alpha value is -1.44. The number of carbonyl (C=O) groups excluding carboxylic acids is 1. The lowest BCUT2D eigenvalue weighted by Crippen LogP contribution is -2.47. The van der Waals surface area contributed by atoms with Crippen molar-refractivity contribution in [3.8, 4) is 0 Å². The summed E-state index contributed by atoms with van der Waals surface area (Å²) in [5.74, 6) is 0. The van der Waals surface area contributed by atoms with E-state index in [0.29, 0.717) is 17.7 Å². The third-order valence-corrected chi connectivity index (χ3v) is 5.02. The van der Waals surface area contributed by atoms with E-state index in [0.717, 1.165) is 5.56 Å². The van der Waals surface area contributed by atoms with Gasteiger partial charge < -0.3 is 9.84 Å². The molecule has 1 amide bonds. The number of aliphatic hydroxyl groups is 1. The van der Waals surface area contributed by atoms with Gasteiger partial charge in [0, 0.05) is 0 Å². The van der Waals surface area contributed by atoms with Crippen LogP contribution in [0.2, 0.25) is 0 Å². The van der Waals surface area contributed by atoms with Crippen molar-refractivity contribution in [2.75, 3.05) is 13.2 Å². The third-order valence-electron chi connectivity index (χ3n) is 4.02. The Bertz CT molecular complexity index is 611. The molecule has 7 heteroatoms. The number of rotatable bonds is 5. The van der Waals surface area contributed by atoms with Gasteiger partial charge >= 0.3 is 6.09 Å². The van der Waals surface area contributed by atoms with E-state index in [1.54, 1.807) is 32.9 Å². The topological polar surface area (TPSA) is 76.1 Å². The highest BCUT2D eigenvalue weighted by molar-refractivity contribution is 7.80. The highest BCUT2D eigenvalue weighted by atomic mass is 32.2. The molecule has 1 fully saturated rings. The molecule has 6 nitrogen and oxygen atoms in total. The number of carbonyl (C=O) groups is 1. The van der Waals surface area contributed by atoms with Crippen LogP contribution in [0.3, 0.4) is 0 Å². The molecule has 1 saturated heterocycles. The zero-order valence-electron chi connectivity index (χ0n) is 15.2. The maximum Gasteiger partial charge on any atom is 0.410 e. The first-order valence-electron chi connectivity index (χ1n) is 8.45. The van der Waals surface area contributed by atoms with Gasteiger partial charge in [0.05, 0.1) is 30.2 Å². The van der Waals surface area contributed by atoms with Crippen LogP contribution < -0.4 is 0 Å². The smallest absolute Gasteiger partial charge is 0.410 e. The SMILES string of the molecule is Cc1ccc(S(=O)OCC2CCC(CO)N2C(=O)OC(C)(C)C)cc1. The van der Waals surface area contributed by atoms with Crippen molar-refractivity contribution < 1.29 is 23.0 Å². The standard InChI is InChI=1S/C18H27NO5S/c1-13-5-9-16(10-6-13)25(22)23-12-15-8-7-14(11-20)19(15)17(21)24-18(2,3)4/h5-6,9-10,14-15,20H,7-8,11-12H2,1-4H3. The molecule has 0 saturated carbocycles. The second-order valence-electron chi connectivity index (χ2n) is 7.29. The Morgan fingerprint density at radius 1 is 1.24 bits per heavy atom. The molecule has 1 heterocycles. The Balaban J connectivity index is 2.00. The molecule has 140 valence electrons. The van der Waals surface area contributed by atoms with E-state index in [9.17, 15) is 14.1 Å². The number of ether oxygens (including phenoxy) is 1. The summed E-state index contributed by atoms with van der Waals surface area (Å²) in [5.41, 5.74) is 0.467. The quantitative estimate of drug-likeness (QED) is 0.864. The number of amides is 1. The summed E-state index contributed by atoms with van der Waals surface area (Å²) >= 11 is -1.59. The van der Waals surface area contributed by atoms with Crippen molar-refractivity contribution >= 4 is 17.2 Å². The van der Waals surface area contributed by atoms with Crippen LogP contribution in [0.25, 0.3) is 0 Å². The van der Waals surface area contributed by atoms with E-state index in [1.165, 1.54) is 4.90 Å². The summed E-state index contributed by atoms with van der Waals surface area (Å²) in [6.07, 6.45) is 0.870. The summed E-state index contributed by atoms with van der Waals surface area (Å²) < 4.78 is 23.2. The van der Waals surface area contributed by atoms with E-state index in [4.69, 9.17) is 8.92 Å². The predicted octanol–water partition coefficient (Wildman–Crippen LogP) is 2.79. The first kappa shape index (κ1) is 19.9. The predicted molar refractivity (Wildman–Crippen MR) is 95.5 cm³/mol. The van der Waals surface area contributed by atoms with Gasteiger partial charge in [0.25, 0.3) is 0 Å². The van der Waals surface area contributed by atoms with Gasteiger partial charge in [-0.2, -0.15) is 0 Å². The molecule has 1 N–H and O–H groups in total. The third kappa shape index (κ3) is 5.52. The number of benzene rings is 1. The minimum Gasteiger partial charge on any atom is -0.444 e. The molecular weight excluding hydrogens is 342 g/mol. The zero-order chi connectivity index (χ0) is 18.6. The van der Waals surface area contributed by atoms with Gasteiger partial charge in [0.15, 0.2) is 11.1 Å². The molecule has 0 bridgehead atoms. The molecule has 0 aliphatic carbocycles. The molecule has 25 heavy (non-hydrogen) atoms. The molecule has 0 aromatic heterocycles. The van der Waals surface area contributed by atoms with Crippen molar-refractivity contribution in [2.45, 2.75) is 63.1 Å². The van der Waals surface area contributed by atoms with E-state index in [1.807, 2.05) is 19.1 Å². The normalized spacial score (nSPS) is 22.0. The Morgan fingerprint density at radius 3 is 2.40 bits per heavy atom. The van der Waals surface area contributed by atoms with E-state index < -0.39 is 22.8 Å². The summed E-state index contributed by atoms with van der Waals surface area (Å²) in [6, 6.07) is 6.73. The van der Waals surface area contributed by atoms with Crippen LogP contribution in [-0.2, 0) is 20.0 Å². The number of likely N-dealkylation sites (tertiary alicyclic amines) is 1. The van der Waals surface area contributed by atoms with Crippen LogP contribution in [0, 0.1) is 6.92 Å². The minimum atomic E-state index is -1.59. The first-order chi connectivity index (χ1) is 11.7. The summed E-state index contributed by atoms with van der Waals surface area (Å²) in [4.78, 5) is 14.6. The van der Waals surface area contributed by atoms with Crippen LogP contribution in [0.5, 0.6) is 0 Å². The molecule has 0 radical (unpaired) electrons. The largest absolute Gasteiger partial charge is 0.444 e. The van der Waals surface area contributed by atoms with Crippen molar-refractivity contribution in [1.82, 2.24) is 4.90 Å². The lowest BCUT2D eigenvalue weighted by Gasteiger charge is -2.31. The molecular formula is C18H27NO5S. The van der Waals surface area contributed by atoms with Gasteiger partial charge in [-0.25, -0.2) is 9.00 Å². The average molecular weight is 369 g/mol. The fraction of sp³-hybridized carbons (Fsp3) is 0.611. The van der Waals surface area contributed by atoms with Gasteiger partial charge in [-0.3, -0.25) is 9.08 Å². The monoisotopic (exact) mass is 369 g/mol. The average Bonchev–Trinajstić information content (AvgIpc) is 2.94. The zero-order valence-corrected chi connectivity index (χ0v) is 16.0. The molecule has 2 rings (SSSR count). The van der Waals surface area contributed by atoms with E-state index in [-0.39, 0.29) is 25.3 Å². The van der Waals surface area contributed by atoms with Crippen molar-refractivity contribution in [3.63, 3.8) is 0 Å². The summed E-state index contributed by atoms with van der Waals surface area (Å²) in [6.45, 7) is 7.36. The van der Waals surface area contributed by atoms with Crippen LogP contribution in [0.4, 0.5) is 4.79 Å². The van der Waals surface area contributed by atoms with Crippen LogP contribution in [-0.4, -0.2) is 51.2 Å². The van der Waals surface area contributed by atoms with Gasteiger partial charge in [0.2, 0.25) is 0 Å². The molecule has 1 aliphatic heterocycles. The molecule has 1 aliphatic rings. The molecule has 3 atom stereocenters. The summed E-state index contributed by atoms with van der Waals surface area (Å²) in [5, 5.41) is 9.53. The van der Waals surface area contributed by atoms with Crippen LogP contribution >= 0.6 is 0 Å². The maximum absolute atomic E-state index is 12.5. The number of nitrogens with zero attached hydrogens (tertiary/aromatic N) is 1. The number of aliphatic hydroxyl groups excluding tert-OH is 1. The van der Waals surface area contributed by atoms with Gasteiger partial charge in [-0.05, 0) is 52.7 Å². The highest BCUT2D eigenvalue weighted by Crippen LogP contribution is 2.27. The lowest BCUT2D eigenvalue weighted by atomic mass is 10.2. The van der Waals surface area contributed by atoms with E-state index >= 15 is 0 Å². The summed E-state index contributed by atoms with van der Waals surface area (Å²) in [7, 11) is 0. The Morgan fingerprint density at radius 2 is 1.84 bits per heavy atom. The fourth-order valence-corrected chi connectivity index (χ4v) is 3.55. The van der Waals surface area contributed by atoms with Crippen molar-refractivity contribution in [1.29, 1.82) is 0 Å². The first-order valence-corrected chi connectivity index (χ1v) is 9.52. The second-order valence-corrected chi connectivity index (χ2v) is 8.46. The van der Waals surface area contributed by atoms with Gasteiger partial charge in [-0.15, -0.1) is 0 Å². The Kier molecular flexibility index (Phi) is 6.59. The number of aryl methyl sites for hydroxylation is 1. The van der Waals surface area contributed by atoms with Gasteiger partial charge in [-0.1, -0.05) is 17.7 Å². The van der Waals surface area contributed by atoms with E-state index in [2.05, 4.69) is 0 Å². The minimum absolute atomic E-state index is 0.128. The maximum atomic E-state index is 12.5. The molecule has 1 aromatic rings. The molecule has 3 unspecified atom stereocenters. The van der Waals surface area contributed by atoms with Crippen LogP contribution in [0.1, 0.15) is 39.2 Å². The number of hydrogen-bond acceptors (Lipinski definition) is 5. The lowest BCUT2D eigenvalue weighted by molar-refractivity contribution is 0.00496. The number of hydrogen-bond donors (Lipinski definition) is 1. The Labute approximate surface area is 151 Å². The fourth-order valence-electron chi connectivity index (χ4n) is 2.77. The molecule has 0 spiro atoms. The highest BCUT2D eigenvalue weighted by Gasteiger charge is 2.39.